The number of carbonyl (C=O) groups is 8. The Morgan fingerprint density at radius 2 is 1.24 bits per heavy atom. The summed E-state index contributed by atoms with van der Waals surface area (Å²) in [5.74, 6) is -16.5. The number of carboxylic acids is 1. The predicted molar refractivity (Wildman–Crippen MR) is 405 cm³/mol. The Bertz CT molecular complexity index is 4870. The second kappa shape index (κ2) is 35.6. The molecule has 0 saturated carbocycles. The third-order valence-corrected chi connectivity index (χ3v) is 21.7. The number of aliphatic carboxylic acids is 1. The molecule has 39 heteroatoms. The highest BCUT2D eigenvalue weighted by Crippen LogP contribution is 2.50. The molecule has 1 aromatic heterocycles. The molecule has 22 N–H and O–H groups in total. The van der Waals surface area contributed by atoms with Crippen molar-refractivity contribution in [3.8, 4) is 67.6 Å². The number of carboxylic acid groups (broad SMARTS) is 1. The molecule has 0 aliphatic carbocycles. The average Bonchev–Trinajstić information content (AvgIpc) is 1.39. The van der Waals surface area contributed by atoms with Gasteiger partial charge in [0, 0.05) is 45.7 Å². The number of halogens is 3. The van der Waals surface area contributed by atoms with Crippen molar-refractivity contribution >= 4 is 93.5 Å². The van der Waals surface area contributed by atoms with Gasteiger partial charge in [0.05, 0.1) is 29.1 Å². The maximum Gasteiger partial charge on any atom is 0.330 e. The van der Waals surface area contributed by atoms with Crippen LogP contribution in [0, 0.1) is 5.92 Å². The van der Waals surface area contributed by atoms with Gasteiger partial charge in [-0.3, -0.25) is 33.6 Å². The van der Waals surface area contributed by atoms with E-state index in [1.165, 1.54) is 24.5 Å². The highest BCUT2D eigenvalue weighted by molar-refractivity contribution is 7.13. The molecule has 19 atom stereocenters. The van der Waals surface area contributed by atoms with Crippen LogP contribution in [0.3, 0.4) is 0 Å². The molecule has 14 rings (SSSR count). The Morgan fingerprint density at radius 3 is 1.87 bits per heavy atom. The number of primary amides is 1. The maximum atomic E-state index is 16.1. The Kier molecular flexibility index (Phi) is 26.1. The van der Waals surface area contributed by atoms with Crippen LogP contribution in [0.5, 0.6) is 46.0 Å². The van der Waals surface area contributed by atoms with E-state index in [-0.39, 0.29) is 42.1 Å². The minimum absolute atomic E-state index is 0.116. The largest absolute Gasteiger partial charge is 0.508 e. The van der Waals surface area contributed by atoms with E-state index in [2.05, 4.69) is 42.5 Å². The van der Waals surface area contributed by atoms with Crippen LogP contribution in [0.1, 0.15) is 90.4 Å². The van der Waals surface area contributed by atoms with E-state index in [1.807, 2.05) is 23.6 Å². The van der Waals surface area contributed by atoms with Crippen molar-refractivity contribution in [3.63, 3.8) is 0 Å². The Hall–Kier alpha value is -10.1. The van der Waals surface area contributed by atoms with Gasteiger partial charge in [-0.15, -0.1) is 11.3 Å². The van der Waals surface area contributed by atoms with Gasteiger partial charge < -0.3 is 138 Å². The molecule has 115 heavy (non-hydrogen) atoms. The van der Waals surface area contributed by atoms with Crippen molar-refractivity contribution in [2.45, 2.75) is 149 Å². The van der Waals surface area contributed by atoms with Crippen molar-refractivity contribution < 1.29 is 128 Å². The van der Waals surface area contributed by atoms with E-state index in [0.29, 0.717) is 5.02 Å². The number of nitrogens with two attached hydrogens (primary N) is 1. The maximum absolute atomic E-state index is 16.1. The predicted octanol–water partition coefficient (Wildman–Crippen LogP) is 1.87. The highest BCUT2D eigenvalue weighted by Gasteiger charge is 2.52. The molecule has 8 heterocycles. The van der Waals surface area contributed by atoms with Crippen LogP contribution < -0.4 is 62.5 Å². The molecular formula is C76H80Cl3N9O26S. The first-order chi connectivity index (χ1) is 54.7. The monoisotopic (exact) mass is 1670 g/mol. The van der Waals surface area contributed by atoms with Crippen molar-refractivity contribution in [2.24, 2.45) is 11.7 Å². The molecular weight excluding hydrogens is 1590 g/mol. The number of aliphatic hydroxyl groups is 8. The average molecular weight is 1670 g/mol. The minimum atomic E-state index is -2.39. The van der Waals surface area contributed by atoms with Crippen LogP contribution in [0.4, 0.5) is 0 Å². The number of benzene rings is 6. The zero-order chi connectivity index (χ0) is 82.9. The molecule has 2 fully saturated rings. The lowest BCUT2D eigenvalue weighted by atomic mass is 9.89. The fourth-order valence-electron chi connectivity index (χ4n) is 13.8. The lowest BCUT2D eigenvalue weighted by Gasteiger charge is -2.46. The first-order valence-corrected chi connectivity index (χ1v) is 37.8. The molecule has 0 spiro atoms. The summed E-state index contributed by atoms with van der Waals surface area (Å²) in [6.45, 7) is 2.61. The van der Waals surface area contributed by atoms with Gasteiger partial charge in [0.2, 0.25) is 53.4 Å². The summed E-state index contributed by atoms with van der Waals surface area (Å²) in [7, 11) is 1.46. The number of aliphatic hydroxyl groups excluding tert-OH is 8. The topological polar surface area (TPSA) is 557 Å². The van der Waals surface area contributed by atoms with Gasteiger partial charge in [-0.2, -0.15) is 0 Å². The summed E-state index contributed by atoms with van der Waals surface area (Å²) in [5, 5.41) is 161. The third-order valence-electron chi connectivity index (χ3n) is 19.8. The van der Waals surface area contributed by atoms with E-state index in [0.717, 1.165) is 88.8 Å². The van der Waals surface area contributed by atoms with Crippen LogP contribution in [-0.2, 0) is 59.1 Å². The smallest absolute Gasteiger partial charge is 0.330 e. The normalized spacial score (nSPS) is 27.3. The molecule has 0 unspecified atom stereocenters. The first-order valence-electron chi connectivity index (χ1n) is 35.8. The number of likely N-dealkylation sites (N-methyl/N-ethyl adjacent to an activating group) is 1. The summed E-state index contributed by atoms with van der Waals surface area (Å²) >= 11 is 21.7. The number of phenolic OH excluding ortho intramolecular Hbond substituents is 3. The molecule has 612 valence electrons. The van der Waals surface area contributed by atoms with Crippen LogP contribution in [0.15, 0.2) is 115 Å². The van der Waals surface area contributed by atoms with Gasteiger partial charge in [0.25, 0.3) is 0 Å². The van der Waals surface area contributed by atoms with Gasteiger partial charge in [-0.05, 0) is 131 Å². The fourth-order valence-corrected chi connectivity index (χ4v) is 15.3. The highest BCUT2D eigenvalue weighted by atomic mass is 35.5. The van der Waals surface area contributed by atoms with E-state index in [1.54, 1.807) is 26.0 Å². The standard InChI is InChI=1S/C76H80Cl3N9O26S/c1-28(2)14-41(81-3)68(101)87-57-59(94)32-7-12-45(39(78)17-32)109-47-19-34-20-48(66(47)113-76-65(100)63(98)67(50(26-89)112-76)114-75-64(99)62(97)61(96)49(111-75)25-82-24-29-15-51(115-27-29)30-4-9-35(77)10-5-30)110-46-13-8-33(18-40(46)79)60(95)58-73(106)86-56(74(107)108)38-21-36(90)22-44(92)53(38)37-16-31(6-11-43(37)91)54(70(103)88-58)85-71(104)55(34)84-69(102)42(23-52(80)93)83-72(57)105/h4-13,15-22,27-28,41-42,49-50,54-65,67,75-76,81-82,89-92,94-100H,14,23-26H2,1-3H3,(H2,80,93)(H,83,105)(H,84,102)(H,85,104)(H,86,106)(H,87,101)(H,88,103)(H,107,108)/t41-,42+,49-,50-,54-,55-,56-,57-,58+,59-,60-,61+,62+,63-,64-,65-,67-,75+,76+/m1/s1. The third kappa shape index (κ3) is 18.4. The second-order valence-corrected chi connectivity index (χ2v) is 30.4. The number of aromatic hydroxyl groups is 3. The Morgan fingerprint density at radius 1 is 0.626 bits per heavy atom. The van der Waals surface area contributed by atoms with Gasteiger partial charge in [-0.1, -0.05) is 79.0 Å². The molecule has 2 saturated heterocycles. The molecule has 7 aliphatic heterocycles. The van der Waals surface area contributed by atoms with E-state index in [4.69, 9.17) is 69.0 Å². The molecule has 35 nitrogen and oxygen atoms in total. The Balaban J connectivity index is 0.984. The van der Waals surface area contributed by atoms with Crippen LogP contribution in [-0.4, -0.2) is 214 Å². The molecule has 6 aromatic carbocycles. The summed E-state index contributed by atoms with van der Waals surface area (Å²) in [6.07, 6.45) is -24.7. The number of fused-ring (bicyclic) bond motifs is 15. The minimum Gasteiger partial charge on any atom is -0.508 e. The summed E-state index contributed by atoms with van der Waals surface area (Å²) < 4.78 is 37.9. The SMILES string of the molecule is CN[C@H](CC(C)C)C(=O)N[C@H]1C(=O)N[C@@H](CC(N)=O)C(=O)N[C@H]2C(=O)N[C@H]3C(=O)N[C@H](C(=O)N[C@@H](C(=O)O)c4cc(O)cc(O)c4-c4cc3ccc4O)[C@H](O)c3ccc(c(Cl)c3)Oc3cc2cc(c3O[C@@H]2O[C@H](CO)[C@@H](O[C@@H]3O[C@H](CNCc4csc(-c5ccc(Cl)cc5)c4)[C@H](O)[C@H](O)[C@H]3O)[C@H](O)[C@H]2O)Oc2ccc(cc2Cl)[C@H]1O. The van der Waals surface area contributed by atoms with Crippen molar-refractivity contribution in [2.75, 3.05) is 20.2 Å². The van der Waals surface area contributed by atoms with Gasteiger partial charge in [-0.25, -0.2) is 4.79 Å². The Labute approximate surface area is 672 Å². The molecule has 0 radical (unpaired) electrons. The van der Waals surface area contributed by atoms with Gasteiger partial charge in [0.15, 0.2) is 23.8 Å². The van der Waals surface area contributed by atoms with Crippen LogP contribution in [0.25, 0.3) is 21.6 Å². The number of rotatable bonds is 18. The fraction of sp³-hybridized carbons (Fsp3) is 0.368. The number of hydrogen-bond donors (Lipinski definition) is 21. The number of ether oxygens (including phenoxy) is 6. The number of thiophene rings is 1. The molecule has 7 aromatic rings. The van der Waals surface area contributed by atoms with Crippen LogP contribution in [0.2, 0.25) is 15.1 Å². The second-order valence-electron chi connectivity index (χ2n) is 28.3. The first kappa shape index (κ1) is 84.3. The van der Waals surface area contributed by atoms with E-state index >= 15 is 14.4 Å². The number of amides is 7. The van der Waals surface area contributed by atoms with E-state index in [9.17, 15) is 85.3 Å². The quantitative estimate of drug-likeness (QED) is 0.0583. The molecule has 11 bridgehead atoms. The lowest BCUT2D eigenvalue weighted by Crippen LogP contribution is -2.65. The summed E-state index contributed by atoms with van der Waals surface area (Å²) in [6, 6.07) is 7.93. The summed E-state index contributed by atoms with van der Waals surface area (Å²) in [5.41, 5.74) is 4.48. The number of hydrogen-bond acceptors (Lipinski definition) is 28. The zero-order valence-electron chi connectivity index (χ0n) is 60.8. The molecule has 7 amide bonds. The van der Waals surface area contributed by atoms with Gasteiger partial charge in [0.1, 0.15) is 120 Å². The van der Waals surface area contributed by atoms with Gasteiger partial charge >= 0.3 is 5.97 Å². The lowest BCUT2D eigenvalue weighted by molar-refractivity contribution is -0.350. The summed E-state index contributed by atoms with van der Waals surface area (Å²) in [4.78, 5) is 118. The number of carbonyl (C=O) groups excluding carboxylic acids is 7. The van der Waals surface area contributed by atoms with Crippen LogP contribution >= 0.6 is 46.1 Å². The van der Waals surface area contributed by atoms with Crippen molar-refractivity contribution in [1.29, 1.82) is 0 Å². The van der Waals surface area contributed by atoms with Crippen molar-refractivity contribution in [1.82, 2.24) is 42.5 Å². The number of nitrogens with one attached hydrogen (secondary N) is 8. The van der Waals surface area contributed by atoms with Crippen molar-refractivity contribution in [3.05, 3.63) is 163 Å². The zero-order valence-corrected chi connectivity index (χ0v) is 63.8. The van der Waals surface area contributed by atoms with E-state index < -0.39 is 255 Å². The molecule has 7 aliphatic rings. The number of phenols is 3.